The molecule has 0 atom stereocenters. The smallest absolute Gasteiger partial charge is 0.256 e. The standard InChI is InChI=1S/C20H18N2O4S/c1-26-18-12-11-15(13-19(18)27(21,24)25)22-20(23)17-10-6-5-9-16(17)14-7-3-2-4-8-14/h2-13H,1H3,(H,22,23)(H2,21,24,25). The molecule has 27 heavy (non-hydrogen) atoms. The van der Waals surface area contributed by atoms with Gasteiger partial charge in [0.25, 0.3) is 5.91 Å². The number of sulfonamides is 1. The second-order valence-electron chi connectivity index (χ2n) is 5.78. The summed E-state index contributed by atoms with van der Waals surface area (Å²) < 4.78 is 28.5. The third-order valence-corrected chi connectivity index (χ3v) is 4.92. The first-order chi connectivity index (χ1) is 12.9. The highest BCUT2D eigenvalue weighted by atomic mass is 32.2. The first-order valence-corrected chi connectivity index (χ1v) is 9.61. The first kappa shape index (κ1) is 18.6. The van der Waals surface area contributed by atoms with Gasteiger partial charge in [-0.25, -0.2) is 13.6 Å². The van der Waals surface area contributed by atoms with Gasteiger partial charge in [0.05, 0.1) is 7.11 Å². The van der Waals surface area contributed by atoms with Gasteiger partial charge in [0.15, 0.2) is 0 Å². The summed E-state index contributed by atoms with van der Waals surface area (Å²) in [5.41, 5.74) is 2.45. The minimum Gasteiger partial charge on any atom is -0.495 e. The van der Waals surface area contributed by atoms with Crippen LogP contribution in [0, 0.1) is 0 Å². The average molecular weight is 382 g/mol. The van der Waals surface area contributed by atoms with Crippen molar-refractivity contribution in [3.05, 3.63) is 78.4 Å². The number of hydrogen-bond acceptors (Lipinski definition) is 4. The lowest BCUT2D eigenvalue weighted by atomic mass is 9.99. The molecule has 0 aliphatic carbocycles. The maximum absolute atomic E-state index is 12.8. The number of benzene rings is 3. The lowest BCUT2D eigenvalue weighted by molar-refractivity contribution is 0.102. The monoisotopic (exact) mass is 382 g/mol. The van der Waals surface area contributed by atoms with Gasteiger partial charge in [-0.05, 0) is 35.4 Å². The fraction of sp³-hybridized carbons (Fsp3) is 0.0500. The van der Waals surface area contributed by atoms with Gasteiger partial charge in [0.1, 0.15) is 10.6 Å². The van der Waals surface area contributed by atoms with Crippen LogP contribution in [0.25, 0.3) is 11.1 Å². The van der Waals surface area contributed by atoms with Gasteiger partial charge in [0, 0.05) is 11.3 Å². The Morgan fingerprint density at radius 3 is 2.30 bits per heavy atom. The lowest BCUT2D eigenvalue weighted by Crippen LogP contribution is -2.16. The fourth-order valence-corrected chi connectivity index (χ4v) is 3.45. The molecule has 0 aliphatic rings. The van der Waals surface area contributed by atoms with E-state index in [1.54, 1.807) is 18.2 Å². The Balaban J connectivity index is 1.96. The van der Waals surface area contributed by atoms with Gasteiger partial charge < -0.3 is 10.1 Å². The molecule has 7 heteroatoms. The molecule has 1 amide bonds. The molecule has 0 spiro atoms. The summed E-state index contributed by atoms with van der Waals surface area (Å²) in [5.74, 6) is -0.250. The molecule has 0 saturated heterocycles. The Morgan fingerprint density at radius 2 is 1.63 bits per heavy atom. The zero-order chi connectivity index (χ0) is 19.4. The largest absolute Gasteiger partial charge is 0.495 e. The molecule has 0 unspecified atom stereocenters. The average Bonchev–Trinajstić information content (AvgIpc) is 2.68. The summed E-state index contributed by atoms with van der Waals surface area (Å²) in [7, 11) is -2.65. The van der Waals surface area contributed by atoms with Crippen molar-refractivity contribution in [3.63, 3.8) is 0 Å². The molecule has 3 rings (SSSR count). The van der Waals surface area contributed by atoms with Crippen molar-refractivity contribution in [2.24, 2.45) is 5.14 Å². The molecule has 3 N–H and O–H groups in total. The number of hydrogen-bond donors (Lipinski definition) is 2. The SMILES string of the molecule is COc1ccc(NC(=O)c2ccccc2-c2ccccc2)cc1S(N)(=O)=O. The van der Waals surface area contributed by atoms with Crippen LogP contribution in [0.3, 0.4) is 0 Å². The molecule has 0 aromatic heterocycles. The van der Waals surface area contributed by atoms with E-state index in [0.29, 0.717) is 11.3 Å². The highest BCUT2D eigenvalue weighted by Gasteiger charge is 2.18. The van der Waals surface area contributed by atoms with E-state index in [1.807, 2.05) is 42.5 Å². The van der Waals surface area contributed by atoms with E-state index >= 15 is 0 Å². The minimum atomic E-state index is -4.00. The van der Waals surface area contributed by atoms with Crippen molar-refractivity contribution >= 4 is 21.6 Å². The normalized spacial score (nSPS) is 11.0. The summed E-state index contributed by atoms with van der Waals surface area (Å²) in [4.78, 5) is 12.6. The van der Waals surface area contributed by atoms with E-state index in [0.717, 1.165) is 11.1 Å². The van der Waals surface area contributed by atoms with E-state index < -0.39 is 10.0 Å². The Morgan fingerprint density at radius 1 is 0.963 bits per heavy atom. The highest BCUT2D eigenvalue weighted by Crippen LogP contribution is 2.28. The molecule has 0 fully saturated rings. The maximum atomic E-state index is 12.8. The van der Waals surface area contributed by atoms with Crippen molar-refractivity contribution < 1.29 is 17.9 Å². The number of nitrogens with two attached hydrogens (primary N) is 1. The number of rotatable bonds is 5. The number of ether oxygens (including phenoxy) is 1. The molecular weight excluding hydrogens is 364 g/mol. The molecule has 3 aromatic carbocycles. The van der Waals surface area contributed by atoms with Gasteiger partial charge in [-0.2, -0.15) is 0 Å². The lowest BCUT2D eigenvalue weighted by Gasteiger charge is -2.12. The zero-order valence-corrected chi connectivity index (χ0v) is 15.4. The molecule has 0 radical (unpaired) electrons. The first-order valence-electron chi connectivity index (χ1n) is 8.07. The highest BCUT2D eigenvalue weighted by molar-refractivity contribution is 7.89. The molecule has 6 nitrogen and oxygen atoms in total. The van der Waals surface area contributed by atoms with Crippen LogP contribution >= 0.6 is 0 Å². The third-order valence-electron chi connectivity index (χ3n) is 3.98. The van der Waals surface area contributed by atoms with Crippen LogP contribution in [-0.2, 0) is 10.0 Å². The molecule has 0 aliphatic heterocycles. The molecule has 0 bridgehead atoms. The number of carbonyl (C=O) groups excluding carboxylic acids is 1. The van der Waals surface area contributed by atoms with Gasteiger partial charge in [0.2, 0.25) is 10.0 Å². The predicted octanol–water partition coefficient (Wildman–Crippen LogP) is 3.26. The second kappa shape index (κ2) is 7.61. The number of primary sulfonamides is 1. The zero-order valence-electron chi connectivity index (χ0n) is 14.5. The molecule has 138 valence electrons. The van der Waals surface area contributed by atoms with Crippen molar-refractivity contribution in [1.82, 2.24) is 0 Å². The minimum absolute atomic E-state index is 0.111. The number of methoxy groups -OCH3 is 1. The molecule has 0 saturated carbocycles. The Hall–Kier alpha value is -3.16. The Labute approximate surface area is 157 Å². The van der Waals surface area contributed by atoms with E-state index in [4.69, 9.17) is 9.88 Å². The van der Waals surface area contributed by atoms with Crippen molar-refractivity contribution in [2.45, 2.75) is 4.90 Å². The summed E-state index contributed by atoms with van der Waals surface area (Å²) in [6.07, 6.45) is 0. The number of carbonyl (C=O) groups is 1. The van der Waals surface area contributed by atoms with Crippen LogP contribution in [0.4, 0.5) is 5.69 Å². The Kier molecular flexibility index (Phi) is 5.25. The maximum Gasteiger partial charge on any atom is 0.256 e. The van der Waals surface area contributed by atoms with Crippen LogP contribution in [-0.4, -0.2) is 21.4 Å². The number of amides is 1. The van der Waals surface area contributed by atoms with Gasteiger partial charge in [-0.15, -0.1) is 0 Å². The quantitative estimate of drug-likeness (QED) is 0.707. The van der Waals surface area contributed by atoms with E-state index in [9.17, 15) is 13.2 Å². The summed E-state index contributed by atoms with van der Waals surface area (Å²) in [5, 5.41) is 7.94. The van der Waals surface area contributed by atoms with Gasteiger partial charge >= 0.3 is 0 Å². The second-order valence-corrected chi connectivity index (χ2v) is 7.31. The van der Waals surface area contributed by atoms with Crippen LogP contribution in [0.15, 0.2) is 77.7 Å². The van der Waals surface area contributed by atoms with Crippen molar-refractivity contribution in [3.8, 4) is 16.9 Å². The predicted molar refractivity (Wildman–Crippen MR) is 104 cm³/mol. The molecule has 0 heterocycles. The molecule has 3 aromatic rings. The summed E-state index contributed by atoms with van der Waals surface area (Å²) in [6.45, 7) is 0. The number of nitrogens with one attached hydrogen (secondary N) is 1. The van der Waals surface area contributed by atoms with E-state index in [2.05, 4.69) is 5.32 Å². The van der Waals surface area contributed by atoms with Gasteiger partial charge in [-0.3, -0.25) is 4.79 Å². The molecular formula is C20H18N2O4S. The Bertz CT molecular complexity index is 1080. The van der Waals surface area contributed by atoms with Crippen LogP contribution in [0.2, 0.25) is 0 Å². The van der Waals surface area contributed by atoms with Crippen LogP contribution in [0.5, 0.6) is 5.75 Å². The fourth-order valence-electron chi connectivity index (χ4n) is 2.73. The summed E-state index contributed by atoms with van der Waals surface area (Å²) >= 11 is 0. The van der Waals surface area contributed by atoms with Crippen molar-refractivity contribution in [2.75, 3.05) is 12.4 Å². The summed E-state index contributed by atoms with van der Waals surface area (Å²) in [6, 6.07) is 21.0. The van der Waals surface area contributed by atoms with Gasteiger partial charge in [-0.1, -0.05) is 48.5 Å². The van der Waals surface area contributed by atoms with E-state index in [-0.39, 0.29) is 16.6 Å². The van der Waals surface area contributed by atoms with Crippen LogP contribution < -0.4 is 15.2 Å². The van der Waals surface area contributed by atoms with Crippen molar-refractivity contribution in [1.29, 1.82) is 0 Å². The van der Waals surface area contributed by atoms with E-state index in [1.165, 1.54) is 19.2 Å². The number of anilines is 1. The van der Waals surface area contributed by atoms with Crippen LogP contribution in [0.1, 0.15) is 10.4 Å². The topological polar surface area (TPSA) is 98.5 Å². The third kappa shape index (κ3) is 4.16.